The van der Waals surface area contributed by atoms with Gasteiger partial charge >= 0.3 is 11.9 Å². The zero-order chi connectivity index (χ0) is 26.6. The van der Waals surface area contributed by atoms with Crippen molar-refractivity contribution in [1.29, 1.82) is 0 Å². The molecule has 0 aromatic carbocycles. The molecular weight excluding hydrogens is 456 g/mol. The van der Waals surface area contributed by atoms with Crippen molar-refractivity contribution in [3.05, 3.63) is 0 Å². The Morgan fingerprint density at radius 1 is 0.735 bits per heavy atom. The van der Waals surface area contributed by atoms with Gasteiger partial charge in [0, 0.05) is 6.42 Å². The van der Waals surface area contributed by atoms with E-state index in [1.165, 1.54) is 0 Å². The molecule has 0 aliphatic carbocycles. The average Bonchev–Trinajstić information content (AvgIpc) is 2.68. The first-order chi connectivity index (χ1) is 15.6. The lowest BCUT2D eigenvalue weighted by Crippen LogP contribution is -2.58. The van der Waals surface area contributed by atoms with Gasteiger partial charge in [-0.05, 0) is 18.8 Å². The Hall–Kier alpha value is -3.75. The van der Waals surface area contributed by atoms with E-state index in [9.17, 15) is 38.7 Å². The normalized spacial score (nSPS) is 14.2. The van der Waals surface area contributed by atoms with E-state index in [2.05, 4.69) is 16.0 Å². The highest BCUT2D eigenvalue weighted by atomic mass is 16.4. The topological polar surface area (TPSA) is 274 Å². The van der Waals surface area contributed by atoms with Crippen molar-refractivity contribution in [3.63, 3.8) is 0 Å². The molecule has 0 fully saturated rings. The van der Waals surface area contributed by atoms with Gasteiger partial charge in [-0.15, -0.1) is 0 Å². The summed E-state index contributed by atoms with van der Waals surface area (Å²) >= 11 is 0. The maximum atomic E-state index is 12.6. The van der Waals surface area contributed by atoms with Crippen LogP contribution in [-0.2, 0) is 33.6 Å². The number of primary amides is 2. The summed E-state index contributed by atoms with van der Waals surface area (Å²) in [7, 11) is 0. The highest BCUT2D eigenvalue weighted by molar-refractivity contribution is 5.97. The molecule has 0 aromatic heterocycles. The third-order valence-corrected chi connectivity index (χ3v) is 4.41. The van der Waals surface area contributed by atoms with Crippen LogP contribution in [0, 0.1) is 5.92 Å². The van der Waals surface area contributed by atoms with E-state index in [1.54, 1.807) is 13.8 Å². The smallest absolute Gasteiger partial charge is 0.326 e. The summed E-state index contributed by atoms with van der Waals surface area (Å²) in [5.41, 5.74) is 15.7. The molecule has 192 valence electrons. The number of carboxylic acids is 2. The molecule has 0 aliphatic rings. The van der Waals surface area contributed by atoms with Crippen LogP contribution in [0.2, 0.25) is 0 Å². The van der Waals surface area contributed by atoms with Crippen molar-refractivity contribution >= 4 is 41.5 Å². The second-order valence-corrected chi connectivity index (χ2v) is 8.03. The summed E-state index contributed by atoms with van der Waals surface area (Å²) in [6.45, 7) is 3.44. The van der Waals surface area contributed by atoms with Gasteiger partial charge in [-0.3, -0.25) is 28.8 Å². The van der Waals surface area contributed by atoms with E-state index >= 15 is 0 Å². The molecule has 11 N–H and O–H groups in total. The Kier molecular flexibility index (Phi) is 12.8. The molecule has 0 radical (unpaired) electrons. The largest absolute Gasteiger partial charge is 0.481 e. The van der Waals surface area contributed by atoms with Gasteiger partial charge in [-0.2, -0.15) is 0 Å². The van der Waals surface area contributed by atoms with Crippen LogP contribution in [0.5, 0.6) is 0 Å². The van der Waals surface area contributed by atoms with Crippen molar-refractivity contribution in [2.45, 2.75) is 70.1 Å². The fourth-order valence-electron chi connectivity index (χ4n) is 2.74. The van der Waals surface area contributed by atoms with Gasteiger partial charge in [-0.25, -0.2) is 4.79 Å². The monoisotopic (exact) mass is 488 g/mol. The van der Waals surface area contributed by atoms with E-state index < -0.39 is 78.5 Å². The number of amides is 5. The minimum Gasteiger partial charge on any atom is -0.481 e. The lowest BCUT2D eigenvalue weighted by Gasteiger charge is -2.24. The first-order valence-corrected chi connectivity index (χ1v) is 10.3. The molecule has 0 bridgehead atoms. The second-order valence-electron chi connectivity index (χ2n) is 8.03. The van der Waals surface area contributed by atoms with Crippen molar-refractivity contribution < 1.29 is 43.8 Å². The van der Waals surface area contributed by atoms with E-state index in [1.807, 2.05) is 0 Å². The van der Waals surface area contributed by atoms with Crippen molar-refractivity contribution in [2.24, 2.45) is 23.1 Å². The van der Waals surface area contributed by atoms with Crippen LogP contribution in [0.25, 0.3) is 0 Å². The molecule has 15 heteroatoms. The quantitative estimate of drug-likeness (QED) is 0.106. The van der Waals surface area contributed by atoms with Gasteiger partial charge < -0.3 is 43.4 Å². The number of carbonyl (C=O) groups excluding carboxylic acids is 5. The number of carboxylic acid groups (broad SMARTS) is 2. The summed E-state index contributed by atoms with van der Waals surface area (Å²) in [5, 5.41) is 24.8. The van der Waals surface area contributed by atoms with E-state index in [0.29, 0.717) is 0 Å². The molecule has 4 unspecified atom stereocenters. The molecule has 0 saturated heterocycles. The second kappa shape index (κ2) is 14.4. The highest BCUT2D eigenvalue weighted by Gasteiger charge is 2.32. The Morgan fingerprint density at radius 3 is 1.62 bits per heavy atom. The minimum atomic E-state index is -1.71. The average molecular weight is 488 g/mol. The van der Waals surface area contributed by atoms with Gasteiger partial charge in [0.05, 0.1) is 18.9 Å². The van der Waals surface area contributed by atoms with E-state index in [4.69, 9.17) is 22.3 Å². The molecule has 0 spiro atoms. The number of nitrogens with two attached hydrogens (primary N) is 3. The van der Waals surface area contributed by atoms with Crippen LogP contribution in [0.1, 0.15) is 46.0 Å². The molecule has 5 amide bonds. The third-order valence-electron chi connectivity index (χ3n) is 4.41. The third kappa shape index (κ3) is 12.3. The number of hydrogen-bond donors (Lipinski definition) is 8. The maximum absolute atomic E-state index is 12.6. The molecule has 0 heterocycles. The number of aliphatic carboxylic acids is 2. The Bertz CT molecular complexity index is 801. The predicted octanol–water partition coefficient (Wildman–Crippen LogP) is -3.49. The van der Waals surface area contributed by atoms with Gasteiger partial charge in [0.1, 0.15) is 18.1 Å². The fraction of sp³-hybridized carbons (Fsp3) is 0.632. The van der Waals surface area contributed by atoms with Crippen molar-refractivity contribution in [3.8, 4) is 0 Å². The van der Waals surface area contributed by atoms with Crippen molar-refractivity contribution in [2.75, 3.05) is 0 Å². The number of carbonyl (C=O) groups is 7. The molecule has 0 aromatic rings. The van der Waals surface area contributed by atoms with Gasteiger partial charge in [0.15, 0.2) is 0 Å². The molecule has 4 atom stereocenters. The van der Waals surface area contributed by atoms with E-state index in [0.717, 1.165) is 0 Å². The fourth-order valence-corrected chi connectivity index (χ4v) is 2.74. The molecule has 0 aliphatic heterocycles. The SMILES string of the molecule is CC(C)CC(NC(=O)C(CC(N)=O)NC(=O)C(CC(=O)O)NC(=O)C(N)CCC(N)=O)C(=O)O. The summed E-state index contributed by atoms with van der Waals surface area (Å²) in [5.74, 6) is -7.82. The number of nitrogens with one attached hydrogen (secondary N) is 3. The van der Waals surface area contributed by atoms with Crippen molar-refractivity contribution in [1.82, 2.24) is 16.0 Å². The predicted molar refractivity (Wildman–Crippen MR) is 115 cm³/mol. The lowest BCUT2D eigenvalue weighted by atomic mass is 10.0. The standard InChI is InChI=1S/C19H32N6O9/c1-8(2)5-12(19(33)34)25-17(31)10(6-14(22)27)24-18(32)11(7-15(28)29)23-16(30)9(20)3-4-13(21)26/h8-12H,3-7,20H2,1-2H3,(H2,21,26)(H2,22,27)(H,23,30)(H,24,32)(H,25,31)(H,28,29)(H,33,34). The zero-order valence-electron chi connectivity index (χ0n) is 18.9. The number of hydrogen-bond acceptors (Lipinski definition) is 8. The van der Waals surface area contributed by atoms with Crippen LogP contribution in [-0.4, -0.2) is 75.9 Å². The Morgan fingerprint density at radius 2 is 1.21 bits per heavy atom. The van der Waals surface area contributed by atoms with Gasteiger partial charge in [0.25, 0.3) is 0 Å². The molecule has 0 saturated carbocycles. The number of rotatable bonds is 16. The lowest BCUT2D eigenvalue weighted by molar-refractivity contribution is -0.143. The maximum Gasteiger partial charge on any atom is 0.326 e. The Balaban J connectivity index is 5.52. The van der Waals surface area contributed by atoms with Crippen LogP contribution in [0.4, 0.5) is 0 Å². The molecular formula is C19H32N6O9. The molecule has 0 rings (SSSR count). The van der Waals surface area contributed by atoms with E-state index in [-0.39, 0.29) is 25.2 Å². The summed E-state index contributed by atoms with van der Waals surface area (Å²) < 4.78 is 0. The van der Waals surface area contributed by atoms with Gasteiger partial charge in [0.2, 0.25) is 29.5 Å². The van der Waals surface area contributed by atoms with Crippen LogP contribution in [0.15, 0.2) is 0 Å². The van der Waals surface area contributed by atoms with Gasteiger partial charge in [-0.1, -0.05) is 13.8 Å². The minimum absolute atomic E-state index is 0.0548. The Labute approximate surface area is 195 Å². The van der Waals surface area contributed by atoms with Crippen LogP contribution < -0.4 is 33.2 Å². The zero-order valence-corrected chi connectivity index (χ0v) is 18.9. The summed E-state index contributed by atoms with van der Waals surface area (Å²) in [6.07, 6.45) is -1.97. The molecule has 34 heavy (non-hydrogen) atoms. The van der Waals surface area contributed by atoms with Crippen LogP contribution >= 0.6 is 0 Å². The summed E-state index contributed by atoms with van der Waals surface area (Å²) in [6, 6.07) is -5.96. The first kappa shape index (κ1) is 30.2. The molecule has 15 nitrogen and oxygen atoms in total. The first-order valence-electron chi connectivity index (χ1n) is 10.3. The summed E-state index contributed by atoms with van der Waals surface area (Å²) in [4.78, 5) is 82.2. The van der Waals surface area contributed by atoms with Crippen LogP contribution in [0.3, 0.4) is 0 Å². The highest BCUT2D eigenvalue weighted by Crippen LogP contribution is 2.07.